The Balaban J connectivity index is 2.08. The predicted molar refractivity (Wildman–Crippen MR) is 88.2 cm³/mol. The number of carbonyl (C=O) groups excluding carboxylic acids is 2. The number of amides is 2. The number of hydrogen-bond donors (Lipinski definition) is 1. The van der Waals surface area contributed by atoms with E-state index in [-0.39, 0.29) is 17.5 Å². The van der Waals surface area contributed by atoms with Gasteiger partial charge in [-0.25, -0.2) is 0 Å². The van der Waals surface area contributed by atoms with Crippen LogP contribution < -0.4 is 5.32 Å². The number of benzene rings is 1. The summed E-state index contributed by atoms with van der Waals surface area (Å²) in [6, 6.07) is 4.94. The van der Waals surface area contributed by atoms with Crippen LogP contribution in [0.25, 0.3) is 0 Å². The molecule has 0 bridgehead atoms. The molecule has 0 aromatic heterocycles. The molecule has 1 aromatic carbocycles. The van der Waals surface area contributed by atoms with Crippen molar-refractivity contribution in [3.8, 4) is 0 Å². The van der Waals surface area contributed by atoms with Gasteiger partial charge in [-0.3, -0.25) is 19.7 Å². The maximum absolute atomic E-state index is 12.5. The van der Waals surface area contributed by atoms with Crippen LogP contribution in [-0.2, 0) is 4.79 Å². The molecule has 0 aliphatic carbocycles. The number of thioether (sulfide) groups is 1. The van der Waals surface area contributed by atoms with E-state index in [0.717, 1.165) is 0 Å². The molecule has 0 radical (unpaired) electrons. The summed E-state index contributed by atoms with van der Waals surface area (Å²) in [5, 5.41) is 13.5. The molecule has 1 aromatic rings. The Morgan fingerprint density at radius 3 is 2.61 bits per heavy atom. The third-order valence-corrected chi connectivity index (χ3v) is 4.47. The molecule has 1 fully saturated rings. The third-order valence-electron chi connectivity index (χ3n) is 3.46. The number of nitro groups is 1. The standard InChI is InChI=1S/C15H19N3O4S/c1-10(2)7-16-14(19)13-8-23-9-17(13)15(20)11-3-5-12(6-4-11)18(21)22/h3-6,10,13H,7-9H2,1-2H3,(H,16,19). The molecule has 1 saturated heterocycles. The number of hydrogen-bond acceptors (Lipinski definition) is 5. The summed E-state index contributed by atoms with van der Waals surface area (Å²) in [6.07, 6.45) is 0. The van der Waals surface area contributed by atoms with Crippen molar-refractivity contribution in [1.29, 1.82) is 0 Å². The summed E-state index contributed by atoms with van der Waals surface area (Å²) < 4.78 is 0. The van der Waals surface area contributed by atoms with Crippen molar-refractivity contribution < 1.29 is 14.5 Å². The van der Waals surface area contributed by atoms with E-state index < -0.39 is 11.0 Å². The second-order valence-electron chi connectivity index (χ2n) is 5.73. The summed E-state index contributed by atoms with van der Waals surface area (Å²) in [5.41, 5.74) is 0.281. The molecule has 1 atom stereocenters. The quantitative estimate of drug-likeness (QED) is 0.654. The minimum Gasteiger partial charge on any atom is -0.354 e. The Morgan fingerprint density at radius 1 is 1.39 bits per heavy atom. The van der Waals surface area contributed by atoms with Crippen LogP contribution in [0.5, 0.6) is 0 Å². The van der Waals surface area contributed by atoms with Crippen molar-refractivity contribution in [1.82, 2.24) is 10.2 Å². The largest absolute Gasteiger partial charge is 0.354 e. The van der Waals surface area contributed by atoms with Crippen molar-refractivity contribution in [2.24, 2.45) is 5.92 Å². The number of rotatable bonds is 5. The topological polar surface area (TPSA) is 92.6 Å². The van der Waals surface area contributed by atoms with E-state index in [1.165, 1.54) is 40.9 Å². The second kappa shape index (κ2) is 7.45. The highest BCUT2D eigenvalue weighted by atomic mass is 32.2. The summed E-state index contributed by atoms with van der Waals surface area (Å²) >= 11 is 1.52. The monoisotopic (exact) mass is 337 g/mol. The summed E-state index contributed by atoms with van der Waals surface area (Å²) in [4.78, 5) is 36.4. The van der Waals surface area contributed by atoms with Gasteiger partial charge in [0.25, 0.3) is 11.6 Å². The zero-order valence-electron chi connectivity index (χ0n) is 13.0. The fourth-order valence-electron chi connectivity index (χ4n) is 2.17. The zero-order valence-corrected chi connectivity index (χ0v) is 13.8. The van der Waals surface area contributed by atoms with E-state index in [0.29, 0.717) is 29.7 Å². The van der Waals surface area contributed by atoms with Crippen molar-refractivity contribution in [2.75, 3.05) is 18.2 Å². The maximum atomic E-state index is 12.5. The molecular weight excluding hydrogens is 318 g/mol. The first kappa shape index (κ1) is 17.3. The Morgan fingerprint density at radius 2 is 2.04 bits per heavy atom. The molecular formula is C15H19N3O4S. The van der Waals surface area contributed by atoms with Gasteiger partial charge in [0.05, 0.1) is 10.8 Å². The van der Waals surface area contributed by atoms with E-state index >= 15 is 0 Å². The molecule has 1 aliphatic rings. The van der Waals surface area contributed by atoms with Crippen LogP contribution in [0, 0.1) is 16.0 Å². The average molecular weight is 337 g/mol. The normalized spacial score (nSPS) is 17.3. The number of nitrogens with one attached hydrogen (secondary N) is 1. The number of nitrogens with zero attached hydrogens (tertiary/aromatic N) is 2. The van der Waals surface area contributed by atoms with Gasteiger partial charge < -0.3 is 10.2 Å². The summed E-state index contributed by atoms with van der Waals surface area (Å²) in [7, 11) is 0. The average Bonchev–Trinajstić information content (AvgIpc) is 3.01. The Hall–Kier alpha value is -2.09. The second-order valence-corrected chi connectivity index (χ2v) is 6.73. The molecule has 1 aliphatic heterocycles. The van der Waals surface area contributed by atoms with Crippen molar-refractivity contribution >= 4 is 29.3 Å². The molecule has 124 valence electrons. The molecule has 2 amide bonds. The van der Waals surface area contributed by atoms with Crippen molar-refractivity contribution in [3.63, 3.8) is 0 Å². The van der Waals surface area contributed by atoms with Gasteiger partial charge in [0.2, 0.25) is 5.91 Å². The van der Waals surface area contributed by atoms with Crippen molar-refractivity contribution in [2.45, 2.75) is 19.9 Å². The first-order valence-electron chi connectivity index (χ1n) is 7.31. The summed E-state index contributed by atoms with van der Waals surface area (Å²) in [6.45, 7) is 4.58. The van der Waals surface area contributed by atoms with Crippen LogP contribution in [0.2, 0.25) is 0 Å². The molecule has 0 spiro atoms. The predicted octanol–water partition coefficient (Wildman–Crippen LogP) is 1.88. The number of non-ortho nitro benzene ring substituents is 1. The van der Waals surface area contributed by atoms with Gasteiger partial charge in [-0.15, -0.1) is 11.8 Å². The van der Waals surface area contributed by atoms with E-state index in [9.17, 15) is 19.7 Å². The van der Waals surface area contributed by atoms with Crippen LogP contribution in [0.1, 0.15) is 24.2 Å². The highest BCUT2D eigenvalue weighted by Crippen LogP contribution is 2.24. The molecule has 0 saturated carbocycles. The van der Waals surface area contributed by atoms with Gasteiger partial charge in [0.15, 0.2) is 0 Å². The molecule has 23 heavy (non-hydrogen) atoms. The third kappa shape index (κ3) is 4.22. The van der Waals surface area contributed by atoms with E-state index in [4.69, 9.17) is 0 Å². The van der Waals surface area contributed by atoms with Crippen molar-refractivity contribution in [3.05, 3.63) is 39.9 Å². The van der Waals surface area contributed by atoms with E-state index in [1.54, 1.807) is 0 Å². The summed E-state index contributed by atoms with van der Waals surface area (Å²) in [5.74, 6) is 0.901. The molecule has 7 nitrogen and oxygen atoms in total. The van der Waals surface area contributed by atoms with E-state index in [1.807, 2.05) is 13.8 Å². The number of carbonyl (C=O) groups is 2. The van der Waals surface area contributed by atoms with Gasteiger partial charge >= 0.3 is 0 Å². The Bertz CT molecular complexity index is 603. The Kier molecular flexibility index (Phi) is 5.59. The van der Waals surface area contributed by atoms with Crippen LogP contribution in [0.3, 0.4) is 0 Å². The SMILES string of the molecule is CC(C)CNC(=O)C1CSCN1C(=O)c1ccc([N+](=O)[O-])cc1. The van der Waals surface area contributed by atoms with Gasteiger partial charge in [-0.05, 0) is 18.1 Å². The first-order valence-corrected chi connectivity index (χ1v) is 8.46. The first-order chi connectivity index (χ1) is 10.9. The minimum atomic E-state index is -0.512. The highest BCUT2D eigenvalue weighted by Gasteiger charge is 2.35. The molecule has 8 heteroatoms. The van der Waals surface area contributed by atoms with Gasteiger partial charge in [-0.2, -0.15) is 0 Å². The molecule has 2 rings (SSSR count). The lowest BCUT2D eigenvalue weighted by Crippen LogP contribution is -2.47. The molecule has 1 unspecified atom stereocenters. The van der Waals surface area contributed by atoms with E-state index in [2.05, 4.69) is 5.32 Å². The molecule has 1 heterocycles. The zero-order chi connectivity index (χ0) is 17.0. The van der Waals surface area contributed by atoms with Crippen LogP contribution in [-0.4, -0.2) is 45.9 Å². The Labute approximate surface area is 138 Å². The van der Waals surface area contributed by atoms with Gasteiger partial charge in [0.1, 0.15) is 6.04 Å². The van der Waals surface area contributed by atoms with Crippen LogP contribution in [0.4, 0.5) is 5.69 Å². The highest BCUT2D eigenvalue weighted by molar-refractivity contribution is 7.99. The molecule has 1 N–H and O–H groups in total. The maximum Gasteiger partial charge on any atom is 0.269 e. The number of nitro benzene ring substituents is 1. The van der Waals surface area contributed by atoms with Gasteiger partial charge in [0, 0.05) is 30.0 Å². The smallest absolute Gasteiger partial charge is 0.269 e. The lowest BCUT2D eigenvalue weighted by Gasteiger charge is -2.23. The fraction of sp³-hybridized carbons (Fsp3) is 0.467. The van der Waals surface area contributed by atoms with Gasteiger partial charge in [-0.1, -0.05) is 13.8 Å². The minimum absolute atomic E-state index is 0.0661. The lowest BCUT2D eigenvalue weighted by molar-refractivity contribution is -0.384. The van der Waals surface area contributed by atoms with Crippen LogP contribution in [0.15, 0.2) is 24.3 Å². The lowest BCUT2D eigenvalue weighted by atomic mass is 10.1. The fourth-order valence-corrected chi connectivity index (χ4v) is 3.33. The van der Waals surface area contributed by atoms with Crippen LogP contribution >= 0.6 is 11.8 Å².